The molecule has 62 valence electrons. The lowest BCUT2D eigenvalue weighted by Crippen LogP contribution is -2.25. The third-order valence-corrected chi connectivity index (χ3v) is 3.28. The normalized spacial score (nSPS) is 15.9. The quantitative estimate of drug-likeness (QED) is 0.643. The van der Waals surface area contributed by atoms with E-state index in [0.29, 0.717) is 5.92 Å². The van der Waals surface area contributed by atoms with Crippen LogP contribution in [-0.2, 0) is 0 Å². The van der Waals surface area contributed by atoms with Gasteiger partial charge in [0.1, 0.15) is 0 Å². The Kier molecular flexibility index (Phi) is 3.74. The molecule has 0 aliphatic carbocycles. The van der Waals surface area contributed by atoms with Crippen LogP contribution in [0.1, 0.15) is 34.6 Å². The van der Waals surface area contributed by atoms with Crippen molar-refractivity contribution in [1.29, 1.82) is 0 Å². The lowest BCUT2D eigenvalue weighted by atomic mass is 10.00. The number of hydrogen-bond acceptors (Lipinski definition) is 2. The van der Waals surface area contributed by atoms with Crippen molar-refractivity contribution >= 4 is 11.8 Å². The number of aliphatic hydroxyl groups is 1. The predicted molar refractivity (Wildman–Crippen MR) is 48.2 cm³/mol. The Morgan fingerprint density at radius 2 is 1.60 bits per heavy atom. The van der Waals surface area contributed by atoms with Crippen LogP contribution in [0.5, 0.6) is 0 Å². The molecule has 0 aromatic rings. The van der Waals surface area contributed by atoms with Gasteiger partial charge in [0.15, 0.2) is 0 Å². The van der Waals surface area contributed by atoms with Gasteiger partial charge >= 0.3 is 0 Å². The molecular formula is C8H18OS. The first kappa shape index (κ1) is 10.3. The molecule has 2 heteroatoms. The summed E-state index contributed by atoms with van der Waals surface area (Å²) in [6, 6.07) is 0. The molecule has 0 radical (unpaired) electrons. The number of aliphatic hydroxyl groups excluding tert-OH is 1. The largest absolute Gasteiger partial charge is 0.383 e. The molecule has 0 saturated heterocycles. The Morgan fingerprint density at radius 1 is 1.20 bits per heavy atom. The maximum Gasteiger partial charge on any atom is 0.0969 e. The zero-order chi connectivity index (χ0) is 8.36. The van der Waals surface area contributed by atoms with E-state index in [0.717, 1.165) is 0 Å². The summed E-state index contributed by atoms with van der Waals surface area (Å²) in [5.74, 6) is 0.604. The van der Waals surface area contributed by atoms with Gasteiger partial charge in [-0.3, -0.25) is 0 Å². The molecule has 0 aromatic heterocycles. The fraction of sp³-hybridized carbons (Fsp3) is 1.00. The lowest BCUT2D eigenvalue weighted by Gasteiger charge is -2.29. The summed E-state index contributed by atoms with van der Waals surface area (Å²) in [6.45, 7) is 10.5. The first-order valence-electron chi connectivity index (χ1n) is 3.72. The zero-order valence-electron chi connectivity index (χ0n) is 7.51. The van der Waals surface area contributed by atoms with Crippen LogP contribution in [0.3, 0.4) is 0 Å². The van der Waals surface area contributed by atoms with Gasteiger partial charge in [0, 0.05) is 4.75 Å². The van der Waals surface area contributed by atoms with Crippen molar-refractivity contribution in [2.45, 2.75) is 44.8 Å². The molecule has 1 atom stereocenters. The van der Waals surface area contributed by atoms with Gasteiger partial charge in [0.05, 0.1) is 5.44 Å². The van der Waals surface area contributed by atoms with Crippen LogP contribution in [0.25, 0.3) is 0 Å². The predicted octanol–water partition coefficient (Wildman–Crippen LogP) is 2.49. The van der Waals surface area contributed by atoms with Gasteiger partial charge in [0.25, 0.3) is 0 Å². The standard InChI is InChI=1S/C8H18OS/c1-6(2)8(4,5)10-7(3)9/h6-7,9H,1-5H3. The number of thioether (sulfide) groups is 1. The molecule has 0 heterocycles. The van der Waals surface area contributed by atoms with Gasteiger partial charge in [-0.15, -0.1) is 11.8 Å². The van der Waals surface area contributed by atoms with Crippen molar-refractivity contribution in [3.05, 3.63) is 0 Å². The van der Waals surface area contributed by atoms with E-state index < -0.39 is 0 Å². The highest BCUT2D eigenvalue weighted by Gasteiger charge is 2.24. The van der Waals surface area contributed by atoms with E-state index in [1.54, 1.807) is 11.8 Å². The average molecular weight is 162 g/mol. The van der Waals surface area contributed by atoms with Gasteiger partial charge in [-0.2, -0.15) is 0 Å². The number of hydrogen-bond donors (Lipinski definition) is 1. The van der Waals surface area contributed by atoms with Crippen LogP contribution in [0, 0.1) is 5.92 Å². The molecule has 0 saturated carbocycles. The molecule has 0 aliphatic heterocycles. The maximum absolute atomic E-state index is 9.10. The van der Waals surface area contributed by atoms with Gasteiger partial charge in [-0.1, -0.05) is 27.7 Å². The van der Waals surface area contributed by atoms with E-state index in [9.17, 15) is 0 Å². The summed E-state index contributed by atoms with van der Waals surface area (Å²) in [5, 5.41) is 9.10. The Morgan fingerprint density at radius 3 is 1.70 bits per heavy atom. The monoisotopic (exact) mass is 162 g/mol. The van der Waals surface area contributed by atoms with Crippen molar-refractivity contribution in [2.24, 2.45) is 5.92 Å². The highest BCUT2D eigenvalue weighted by Crippen LogP contribution is 2.34. The molecule has 1 nitrogen and oxygen atoms in total. The van der Waals surface area contributed by atoms with Gasteiger partial charge < -0.3 is 5.11 Å². The molecule has 1 unspecified atom stereocenters. The SMILES string of the molecule is CC(O)SC(C)(C)C(C)C. The second-order valence-corrected chi connectivity index (χ2v) is 5.45. The minimum atomic E-state index is -0.252. The van der Waals surface area contributed by atoms with Crippen molar-refractivity contribution in [3.63, 3.8) is 0 Å². The Hall–Kier alpha value is 0.310. The molecule has 0 aliphatic rings. The lowest BCUT2D eigenvalue weighted by molar-refractivity contribution is 0.280. The first-order valence-corrected chi connectivity index (χ1v) is 4.60. The summed E-state index contributed by atoms with van der Waals surface area (Å²) >= 11 is 1.62. The highest BCUT2D eigenvalue weighted by molar-refractivity contribution is 8.01. The van der Waals surface area contributed by atoms with E-state index in [-0.39, 0.29) is 10.2 Å². The fourth-order valence-corrected chi connectivity index (χ4v) is 1.73. The van der Waals surface area contributed by atoms with E-state index in [1.165, 1.54) is 0 Å². The zero-order valence-corrected chi connectivity index (χ0v) is 8.33. The molecule has 0 amide bonds. The van der Waals surface area contributed by atoms with Crippen LogP contribution in [0.2, 0.25) is 0 Å². The van der Waals surface area contributed by atoms with E-state index >= 15 is 0 Å². The molecule has 10 heavy (non-hydrogen) atoms. The summed E-state index contributed by atoms with van der Waals surface area (Å²) in [5.41, 5.74) is -0.252. The molecule has 0 spiro atoms. The molecule has 0 aromatic carbocycles. The van der Waals surface area contributed by atoms with Crippen LogP contribution < -0.4 is 0 Å². The van der Waals surface area contributed by atoms with Crippen molar-refractivity contribution in [1.82, 2.24) is 0 Å². The summed E-state index contributed by atoms with van der Waals surface area (Å²) in [6.07, 6.45) is 0. The van der Waals surface area contributed by atoms with E-state index in [1.807, 2.05) is 6.92 Å². The van der Waals surface area contributed by atoms with Gasteiger partial charge in [0.2, 0.25) is 0 Å². The molecule has 0 rings (SSSR count). The smallest absolute Gasteiger partial charge is 0.0969 e. The van der Waals surface area contributed by atoms with Crippen molar-refractivity contribution < 1.29 is 5.11 Å². The Balaban J connectivity index is 3.87. The van der Waals surface area contributed by atoms with Gasteiger partial charge in [-0.05, 0) is 12.8 Å². The van der Waals surface area contributed by atoms with Crippen LogP contribution >= 0.6 is 11.8 Å². The Bertz CT molecular complexity index is 97.4. The average Bonchev–Trinajstić information content (AvgIpc) is 1.60. The summed E-state index contributed by atoms with van der Waals surface area (Å²) in [7, 11) is 0. The molecule has 0 fully saturated rings. The van der Waals surface area contributed by atoms with Crippen LogP contribution in [0.15, 0.2) is 0 Å². The summed E-state index contributed by atoms with van der Waals surface area (Å²) < 4.78 is 0.189. The van der Waals surface area contributed by atoms with E-state index in [4.69, 9.17) is 5.11 Å². The minimum absolute atomic E-state index is 0.189. The van der Waals surface area contributed by atoms with Crippen molar-refractivity contribution in [2.75, 3.05) is 0 Å². The fourth-order valence-electron chi connectivity index (χ4n) is 0.576. The minimum Gasteiger partial charge on any atom is -0.383 e. The highest BCUT2D eigenvalue weighted by atomic mass is 32.2. The second-order valence-electron chi connectivity index (χ2n) is 3.48. The molecule has 1 N–H and O–H groups in total. The van der Waals surface area contributed by atoms with E-state index in [2.05, 4.69) is 27.7 Å². The Labute approximate surface area is 68.2 Å². The third kappa shape index (κ3) is 3.47. The second kappa shape index (κ2) is 3.63. The van der Waals surface area contributed by atoms with Crippen LogP contribution in [-0.4, -0.2) is 15.3 Å². The third-order valence-electron chi connectivity index (χ3n) is 1.86. The first-order chi connectivity index (χ1) is 4.36. The number of rotatable bonds is 3. The molecule has 0 bridgehead atoms. The topological polar surface area (TPSA) is 20.2 Å². The van der Waals surface area contributed by atoms with Gasteiger partial charge in [-0.25, -0.2) is 0 Å². The summed E-state index contributed by atoms with van der Waals surface area (Å²) in [4.78, 5) is 0. The van der Waals surface area contributed by atoms with Crippen LogP contribution in [0.4, 0.5) is 0 Å². The van der Waals surface area contributed by atoms with Crippen molar-refractivity contribution in [3.8, 4) is 0 Å². The maximum atomic E-state index is 9.10. The molecular weight excluding hydrogens is 144 g/mol.